The molecule has 0 radical (unpaired) electrons. The molecule has 1 aliphatic rings. The summed E-state index contributed by atoms with van der Waals surface area (Å²) < 4.78 is 45.2. The molecule has 1 aliphatic heterocycles. The summed E-state index contributed by atoms with van der Waals surface area (Å²) in [4.78, 5) is 13.1. The van der Waals surface area contributed by atoms with Crippen molar-refractivity contribution in [3.63, 3.8) is 0 Å². The van der Waals surface area contributed by atoms with E-state index in [4.69, 9.17) is 25.8 Å². The van der Waals surface area contributed by atoms with Crippen molar-refractivity contribution in [3.8, 4) is 17.2 Å². The first kappa shape index (κ1) is 26.6. The highest BCUT2D eigenvalue weighted by atomic mass is 35.5. The molecule has 0 saturated heterocycles. The number of nitrogens with zero attached hydrogens (tertiary/aromatic N) is 1. The van der Waals surface area contributed by atoms with E-state index >= 15 is 0 Å². The number of hydrogen-bond donors (Lipinski definition) is 1. The van der Waals surface area contributed by atoms with Crippen molar-refractivity contribution in [1.82, 2.24) is 5.32 Å². The summed E-state index contributed by atoms with van der Waals surface area (Å²) in [7, 11) is -2.52. The molecule has 196 valence electrons. The summed E-state index contributed by atoms with van der Waals surface area (Å²) >= 11 is 6.16. The van der Waals surface area contributed by atoms with E-state index in [2.05, 4.69) is 19.2 Å². The van der Waals surface area contributed by atoms with Gasteiger partial charge in [-0.25, -0.2) is 8.42 Å². The number of anilines is 1. The smallest absolute Gasteiger partial charge is 0.264 e. The first-order chi connectivity index (χ1) is 17.7. The number of carbonyl (C=O) groups is 1. The number of sulfonamides is 1. The number of rotatable bonds is 9. The van der Waals surface area contributed by atoms with Gasteiger partial charge in [0.25, 0.3) is 15.9 Å². The van der Waals surface area contributed by atoms with Gasteiger partial charge in [0.1, 0.15) is 23.9 Å². The molecular formula is C27H29ClN2O6S. The Hall–Kier alpha value is -3.43. The largest absolute Gasteiger partial charge is 0.497 e. The average Bonchev–Trinajstić information content (AvgIpc) is 2.90. The molecule has 1 unspecified atom stereocenters. The summed E-state index contributed by atoms with van der Waals surface area (Å²) in [5, 5.41) is 3.13. The van der Waals surface area contributed by atoms with Crippen LogP contribution in [-0.4, -0.2) is 47.2 Å². The van der Waals surface area contributed by atoms with E-state index in [-0.39, 0.29) is 36.0 Å². The van der Waals surface area contributed by atoms with Crippen LogP contribution in [-0.2, 0) is 14.8 Å². The van der Waals surface area contributed by atoms with E-state index in [1.807, 2.05) is 24.3 Å². The monoisotopic (exact) mass is 544 g/mol. The lowest BCUT2D eigenvalue weighted by Gasteiger charge is -2.34. The number of nitrogens with one attached hydrogen (secondary N) is 1. The minimum absolute atomic E-state index is 0.0532. The summed E-state index contributed by atoms with van der Waals surface area (Å²) in [6.45, 7) is 4.43. The number of ether oxygens (including phenoxy) is 3. The minimum atomic E-state index is -4.02. The lowest BCUT2D eigenvalue weighted by molar-refractivity contribution is -0.127. The fraction of sp³-hybridized carbons (Fsp3) is 0.296. The van der Waals surface area contributed by atoms with E-state index in [0.717, 1.165) is 15.6 Å². The molecule has 1 N–H and O–H groups in total. The van der Waals surface area contributed by atoms with Crippen molar-refractivity contribution in [2.75, 3.05) is 31.1 Å². The second-order valence-electron chi connectivity index (χ2n) is 8.76. The SMILES string of the molecule is COc1ccc(S(=O)(=O)N2CC(C(=O)NCCOc3ccccc3C(C)C)Oc3ccc(Cl)cc32)cc1. The second-order valence-corrected chi connectivity index (χ2v) is 11.1. The fourth-order valence-electron chi connectivity index (χ4n) is 4.00. The van der Waals surface area contributed by atoms with Gasteiger partial charge in [0.2, 0.25) is 0 Å². The molecule has 3 aromatic rings. The molecule has 0 spiro atoms. The Morgan fingerprint density at radius 2 is 1.86 bits per heavy atom. The predicted octanol–water partition coefficient (Wildman–Crippen LogP) is 4.62. The molecule has 3 aromatic carbocycles. The lowest BCUT2D eigenvalue weighted by atomic mass is 10.0. The Labute approximate surface area is 222 Å². The van der Waals surface area contributed by atoms with E-state index in [1.165, 1.54) is 25.3 Å². The summed E-state index contributed by atoms with van der Waals surface area (Å²) in [6, 6.07) is 18.4. The Kier molecular flexibility index (Phi) is 8.14. The van der Waals surface area contributed by atoms with Crippen molar-refractivity contribution < 1.29 is 27.4 Å². The molecule has 1 atom stereocenters. The molecule has 8 nitrogen and oxygen atoms in total. The quantitative estimate of drug-likeness (QED) is 0.395. The van der Waals surface area contributed by atoms with Crippen molar-refractivity contribution in [1.29, 1.82) is 0 Å². The number of para-hydroxylation sites is 1. The third-order valence-electron chi connectivity index (χ3n) is 5.93. The van der Waals surface area contributed by atoms with E-state index in [1.54, 1.807) is 24.3 Å². The normalized spacial score (nSPS) is 15.1. The second kappa shape index (κ2) is 11.3. The van der Waals surface area contributed by atoms with Gasteiger partial charge >= 0.3 is 0 Å². The Morgan fingerprint density at radius 3 is 2.57 bits per heavy atom. The molecule has 0 aromatic heterocycles. The van der Waals surface area contributed by atoms with Crippen LogP contribution < -0.4 is 23.8 Å². The molecule has 4 rings (SSSR count). The van der Waals surface area contributed by atoms with Crippen LogP contribution >= 0.6 is 11.6 Å². The van der Waals surface area contributed by atoms with Gasteiger partial charge in [-0.05, 0) is 60.0 Å². The van der Waals surface area contributed by atoms with Crippen LogP contribution in [0.4, 0.5) is 5.69 Å². The summed E-state index contributed by atoms with van der Waals surface area (Å²) in [5.41, 5.74) is 1.35. The van der Waals surface area contributed by atoms with Gasteiger partial charge in [0.05, 0.1) is 30.8 Å². The van der Waals surface area contributed by atoms with Crippen LogP contribution in [0.25, 0.3) is 0 Å². The molecule has 0 aliphatic carbocycles. The van der Waals surface area contributed by atoms with Gasteiger partial charge in [-0.2, -0.15) is 0 Å². The van der Waals surface area contributed by atoms with E-state index < -0.39 is 22.0 Å². The number of amides is 1. The molecule has 1 amide bonds. The zero-order valence-corrected chi connectivity index (χ0v) is 22.4. The third-order valence-corrected chi connectivity index (χ3v) is 7.96. The molecule has 1 heterocycles. The van der Waals surface area contributed by atoms with Crippen LogP contribution in [0.15, 0.2) is 71.6 Å². The summed E-state index contributed by atoms with van der Waals surface area (Å²) in [5.74, 6) is 1.39. The Balaban J connectivity index is 1.48. The van der Waals surface area contributed by atoms with Crippen LogP contribution in [0.2, 0.25) is 5.02 Å². The highest BCUT2D eigenvalue weighted by Crippen LogP contribution is 2.39. The first-order valence-corrected chi connectivity index (χ1v) is 13.6. The number of halogens is 1. The Bertz CT molecular complexity index is 1360. The molecule has 37 heavy (non-hydrogen) atoms. The molecule has 0 saturated carbocycles. The number of benzene rings is 3. The van der Waals surface area contributed by atoms with Crippen molar-refractivity contribution in [2.24, 2.45) is 0 Å². The maximum Gasteiger partial charge on any atom is 0.264 e. The molecular weight excluding hydrogens is 516 g/mol. The van der Waals surface area contributed by atoms with E-state index in [9.17, 15) is 13.2 Å². The van der Waals surface area contributed by atoms with Crippen molar-refractivity contribution in [3.05, 3.63) is 77.3 Å². The van der Waals surface area contributed by atoms with Crippen molar-refractivity contribution >= 4 is 33.2 Å². The first-order valence-electron chi connectivity index (χ1n) is 11.8. The van der Waals surface area contributed by atoms with Crippen molar-refractivity contribution in [2.45, 2.75) is 30.8 Å². The standard InChI is InChI=1S/C27H29ClN2O6S/c1-18(2)22-6-4-5-7-24(22)35-15-14-29-27(31)26-17-30(23-16-19(28)8-13-25(23)36-26)37(32,33)21-11-9-20(34-3)10-12-21/h4-13,16,18,26H,14-15,17H2,1-3H3,(H,29,31). The van der Waals surface area contributed by atoms with Gasteiger partial charge < -0.3 is 19.5 Å². The number of carbonyl (C=O) groups excluding carboxylic acids is 1. The predicted molar refractivity (Wildman–Crippen MR) is 142 cm³/mol. The van der Waals surface area contributed by atoms with Gasteiger partial charge in [-0.3, -0.25) is 9.10 Å². The fourth-order valence-corrected chi connectivity index (χ4v) is 5.64. The number of methoxy groups -OCH3 is 1. The van der Waals surface area contributed by atoms with Gasteiger partial charge in [0, 0.05) is 5.02 Å². The van der Waals surface area contributed by atoms with Crippen LogP contribution in [0.1, 0.15) is 25.3 Å². The van der Waals surface area contributed by atoms with Gasteiger partial charge in [-0.1, -0.05) is 43.6 Å². The molecule has 10 heteroatoms. The minimum Gasteiger partial charge on any atom is -0.497 e. The lowest BCUT2D eigenvalue weighted by Crippen LogP contribution is -2.51. The van der Waals surface area contributed by atoms with Crippen LogP contribution in [0.3, 0.4) is 0 Å². The highest BCUT2D eigenvalue weighted by Gasteiger charge is 2.37. The number of fused-ring (bicyclic) bond motifs is 1. The van der Waals surface area contributed by atoms with Gasteiger partial charge in [-0.15, -0.1) is 0 Å². The topological polar surface area (TPSA) is 94.2 Å². The Morgan fingerprint density at radius 1 is 1.14 bits per heavy atom. The maximum absolute atomic E-state index is 13.6. The third kappa shape index (κ3) is 5.94. The van der Waals surface area contributed by atoms with Gasteiger partial charge in [0.15, 0.2) is 6.10 Å². The molecule has 0 fully saturated rings. The zero-order valence-electron chi connectivity index (χ0n) is 20.8. The molecule has 0 bridgehead atoms. The summed E-state index contributed by atoms with van der Waals surface area (Å²) in [6.07, 6.45) is -1.07. The maximum atomic E-state index is 13.6. The highest BCUT2D eigenvalue weighted by molar-refractivity contribution is 7.92. The van der Waals surface area contributed by atoms with Crippen LogP contribution in [0.5, 0.6) is 17.2 Å². The van der Waals surface area contributed by atoms with Crippen LogP contribution in [0, 0.1) is 0 Å². The zero-order chi connectivity index (χ0) is 26.6. The number of hydrogen-bond acceptors (Lipinski definition) is 6. The average molecular weight is 545 g/mol. The van der Waals surface area contributed by atoms with E-state index in [0.29, 0.717) is 16.7 Å².